The molecular weight excluding hydrogens is 389 g/mol. The Balaban J connectivity index is 2.06. The Kier molecular flexibility index (Phi) is 5.46. The molecular formula is C15H14Br2ClN. The highest BCUT2D eigenvalue weighted by molar-refractivity contribution is 9.10. The third-order valence-electron chi connectivity index (χ3n) is 2.98. The molecule has 0 heterocycles. The van der Waals surface area contributed by atoms with E-state index in [1.54, 1.807) is 0 Å². The quantitative estimate of drug-likeness (QED) is 0.689. The number of nitrogens with one attached hydrogen (secondary N) is 1. The molecule has 2 aromatic carbocycles. The molecule has 2 rings (SSSR count). The van der Waals surface area contributed by atoms with E-state index in [0.29, 0.717) is 0 Å². The smallest absolute Gasteiger partial charge is 0.0410 e. The van der Waals surface area contributed by atoms with Crippen LogP contribution in [0.25, 0.3) is 0 Å². The second kappa shape index (κ2) is 6.89. The molecule has 4 heteroatoms. The lowest BCUT2D eigenvalue weighted by Gasteiger charge is -2.16. The summed E-state index contributed by atoms with van der Waals surface area (Å²) in [6.45, 7) is 2.92. The zero-order valence-electron chi connectivity index (χ0n) is 10.5. The zero-order valence-corrected chi connectivity index (χ0v) is 14.4. The van der Waals surface area contributed by atoms with Crippen molar-refractivity contribution < 1.29 is 0 Å². The molecule has 1 atom stereocenters. The molecule has 0 aromatic heterocycles. The van der Waals surface area contributed by atoms with Crippen LogP contribution in [0.4, 0.5) is 0 Å². The van der Waals surface area contributed by atoms with Crippen molar-refractivity contribution in [1.29, 1.82) is 0 Å². The fourth-order valence-corrected chi connectivity index (χ4v) is 3.09. The molecule has 0 saturated heterocycles. The van der Waals surface area contributed by atoms with E-state index in [-0.39, 0.29) is 6.04 Å². The van der Waals surface area contributed by atoms with Crippen LogP contribution in [0.5, 0.6) is 0 Å². The zero-order chi connectivity index (χ0) is 13.8. The van der Waals surface area contributed by atoms with Gasteiger partial charge in [0, 0.05) is 26.6 Å². The molecule has 0 spiro atoms. The molecule has 0 aliphatic carbocycles. The molecule has 0 aliphatic rings. The highest BCUT2D eigenvalue weighted by Gasteiger charge is 2.09. The van der Waals surface area contributed by atoms with E-state index >= 15 is 0 Å². The van der Waals surface area contributed by atoms with Gasteiger partial charge in [-0.1, -0.05) is 61.7 Å². The van der Waals surface area contributed by atoms with Gasteiger partial charge in [-0.3, -0.25) is 0 Å². The van der Waals surface area contributed by atoms with Crippen LogP contribution in [-0.4, -0.2) is 0 Å². The first-order chi connectivity index (χ1) is 9.08. The molecule has 0 saturated carbocycles. The third kappa shape index (κ3) is 4.06. The summed E-state index contributed by atoms with van der Waals surface area (Å²) >= 11 is 13.1. The van der Waals surface area contributed by atoms with Crippen molar-refractivity contribution in [2.24, 2.45) is 0 Å². The van der Waals surface area contributed by atoms with Gasteiger partial charge in [-0.05, 0) is 42.3 Å². The van der Waals surface area contributed by atoms with Gasteiger partial charge < -0.3 is 5.32 Å². The van der Waals surface area contributed by atoms with Gasteiger partial charge in [-0.25, -0.2) is 0 Å². The minimum Gasteiger partial charge on any atom is -0.306 e. The van der Waals surface area contributed by atoms with E-state index in [1.807, 2.05) is 30.3 Å². The van der Waals surface area contributed by atoms with Gasteiger partial charge in [-0.2, -0.15) is 0 Å². The summed E-state index contributed by atoms with van der Waals surface area (Å²) in [4.78, 5) is 0. The number of rotatable bonds is 4. The van der Waals surface area contributed by atoms with Gasteiger partial charge in [0.15, 0.2) is 0 Å². The summed E-state index contributed by atoms with van der Waals surface area (Å²) in [7, 11) is 0. The van der Waals surface area contributed by atoms with Gasteiger partial charge in [0.2, 0.25) is 0 Å². The van der Waals surface area contributed by atoms with Crippen molar-refractivity contribution in [3.05, 3.63) is 67.6 Å². The van der Waals surface area contributed by atoms with Crippen LogP contribution in [0.3, 0.4) is 0 Å². The third-order valence-corrected chi connectivity index (χ3v) is 4.71. The van der Waals surface area contributed by atoms with Crippen molar-refractivity contribution in [2.45, 2.75) is 19.5 Å². The Hall–Kier alpha value is -0.350. The molecule has 0 aliphatic heterocycles. The van der Waals surface area contributed by atoms with Crippen LogP contribution in [-0.2, 0) is 6.54 Å². The van der Waals surface area contributed by atoms with Crippen molar-refractivity contribution in [1.82, 2.24) is 5.32 Å². The maximum Gasteiger partial charge on any atom is 0.0410 e. The van der Waals surface area contributed by atoms with E-state index < -0.39 is 0 Å². The first-order valence-corrected chi connectivity index (χ1v) is 7.96. The molecule has 0 unspecified atom stereocenters. The molecule has 19 heavy (non-hydrogen) atoms. The van der Waals surface area contributed by atoms with E-state index in [9.17, 15) is 0 Å². The molecule has 100 valence electrons. The van der Waals surface area contributed by atoms with E-state index in [0.717, 1.165) is 26.1 Å². The molecule has 0 bridgehead atoms. The highest BCUT2D eigenvalue weighted by atomic mass is 79.9. The fourth-order valence-electron chi connectivity index (χ4n) is 1.88. The summed E-state index contributed by atoms with van der Waals surface area (Å²) in [5.41, 5.74) is 2.41. The molecule has 2 aromatic rings. The van der Waals surface area contributed by atoms with Crippen LogP contribution in [0.15, 0.2) is 51.4 Å². The summed E-state index contributed by atoms with van der Waals surface area (Å²) in [6, 6.07) is 14.3. The monoisotopic (exact) mass is 401 g/mol. The van der Waals surface area contributed by atoms with E-state index in [4.69, 9.17) is 11.6 Å². The predicted molar refractivity (Wildman–Crippen MR) is 88.5 cm³/mol. The topological polar surface area (TPSA) is 12.0 Å². The van der Waals surface area contributed by atoms with Gasteiger partial charge in [0.1, 0.15) is 0 Å². The summed E-state index contributed by atoms with van der Waals surface area (Å²) < 4.78 is 2.20. The van der Waals surface area contributed by atoms with Gasteiger partial charge >= 0.3 is 0 Å². The summed E-state index contributed by atoms with van der Waals surface area (Å²) in [5, 5.41) is 4.26. The first-order valence-electron chi connectivity index (χ1n) is 5.99. The minimum atomic E-state index is 0.265. The Bertz CT molecular complexity index is 572. The van der Waals surface area contributed by atoms with Gasteiger partial charge in [-0.15, -0.1) is 0 Å². The first kappa shape index (κ1) is 15.0. The lowest BCUT2D eigenvalue weighted by atomic mass is 10.1. The van der Waals surface area contributed by atoms with E-state index in [1.165, 1.54) is 5.56 Å². The number of hydrogen-bond donors (Lipinski definition) is 1. The second-order valence-corrected chi connectivity index (χ2v) is 6.50. The lowest BCUT2D eigenvalue weighted by Crippen LogP contribution is -2.18. The minimum absolute atomic E-state index is 0.265. The standard InChI is InChI=1S/C15H14Br2ClN/c1-10(13-4-2-3-5-15(13)17)19-9-11-8-12(18)6-7-14(11)16/h2-8,10,19H,9H2,1H3/t10-/m0/s1. The van der Waals surface area contributed by atoms with Gasteiger partial charge in [0.05, 0.1) is 0 Å². The fraction of sp³-hybridized carbons (Fsp3) is 0.200. The average Bonchev–Trinajstić information content (AvgIpc) is 2.40. The molecule has 0 fully saturated rings. The molecule has 0 radical (unpaired) electrons. The maximum absolute atomic E-state index is 6.02. The Morgan fingerprint density at radius 1 is 1.11 bits per heavy atom. The number of benzene rings is 2. The van der Waals surface area contributed by atoms with Crippen molar-refractivity contribution in [2.75, 3.05) is 0 Å². The molecule has 1 nitrogen and oxygen atoms in total. The lowest BCUT2D eigenvalue weighted by molar-refractivity contribution is 0.572. The van der Waals surface area contributed by atoms with Gasteiger partial charge in [0.25, 0.3) is 0 Å². The van der Waals surface area contributed by atoms with E-state index in [2.05, 4.69) is 56.2 Å². The largest absolute Gasteiger partial charge is 0.306 e. The van der Waals surface area contributed by atoms with Crippen molar-refractivity contribution in [3.8, 4) is 0 Å². The van der Waals surface area contributed by atoms with Crippen LogP contribution in [0.1, 0.15) is 24.1 Å². The van der Waals surface area contributed by atoms with Crippen LogP contribution >= 0.6 is 43.5 Å². The normalized spacial score (nSPS) is 12.4. The number of halogens is 3. The highest BCUT2D eigenvalue weighted by Crippen LogP contribution is 2.25. The van der Waals surface area contributed by atoms with Crippen LogP contribution in [0.2, 0.25) is 5.02 Å². The maximum atomic E-state index is 6.02. The summed E-state index contributed by atoms with van der Waals surface area (Å²) in [6.07, 6.45) is 0. The molecule has 1 N–H and O–H groups in total. The Morgan fingerprint density at radius 3 is 2.58 bits per heavy atom. The Labute approximate surface area is 135 Å². The van der Waals surface area contributed by atoms with Crippen LogP contribution in [0, 0.1) is 0 Å². The summed E-state index contributed by atoms with van der Waals surface area (Å²) in [5.74, 6) is 0. The van der Waals surface area contributed by atoms with Crippen molar-refractivity contribution >= 4 is 43.5 Å². The second-order valence-electron chi connectivity index (χ2n) is 4.36. The van der Waals surface area contributed by atoms with Crippen molar-refractivity contribution in [3.63, 3.8) is 0 Å². The van der Waals surface area contributed by atoms with Crippen LogP contribution < -0.4 is 5.32 Å². The predicted octanol–water partition coefficient (Wildman–Crippen LogP) is 5.72. The average molecular weight is 404 g/mol. The molecule has 0 amide bonds. The number of hydrogen-bond acceptors (Lipinski definition) is 1. The SMILES string of the molecule is C[C@H](NCc1cc(Cl)ccc1Br)c1ccccc1Br. The Morgan fingerprint density at radius 2 is 1.84 bits per heavy atom.